The number of carbonyl (C=O) groups excluding carboxylic acids is 1. The van der Waals surface area contributed by atoms with Crippen molar-refractivity contribution in [3.8, 4) is 0 Å². The van der Waals surface area contributed by atoms with E-state index in [0.29, 0.717) is 13.2 Å². The minimum absolute atomic E-state index is 0.235. The van der Waals surface area contributed by atoms with Gasteiger partial charge in [0.1, 0.15) is 0 Å². The van der Waals surface area contributed by atoms with Gasteiger partial charge in [0.05, 0.1) is 13.2 Å². The molecule has 0 radical (unpaired) electrons. The van der Waals surface area contributed by atoms with Crippen molar-refractivity contribution in [1.29, 1.82) is 0 Å². The number of carbonyl (C=O) groups is 1. The van der Waals surface area contributed by atoms with Crippen molar-refractivity contribution in [2.75, 3.05) is 13.2 Å². The number of hydrogen-bond donors (Lipinski definition) is 0. The Kier molecular flexibility index (Phi) is 2.79. The van der Waals surface area contributed by atoms with Crippen molar-refractivity contribution < 1.29 is 14.3 Å². The van der Waals surface area contributed by atoms with Crippen LogP contribution in [0, 0.1) is 0 Å². The molecular formula is C11H12O3. The monoisotopic (exact) mass is 192 g/mol. The van der Waals surface area contributed by atoms with Crippen molar-refractivity contribution in [3.63, 3.8) is 0 Å². The lowest BCUT2D eigenvalue weighted by Crippen LogP contribution is -2.13. The lowest BCUT2D eigenvalue weighted by atomic mass is 10.2. The molecule has 0 spiro atoms. The van der Waals surface area contributed by atoms with E-state index in [1.165, 1.54) is 5.56 Å². The highest BCUT2D eigenvalue weighted by Crippen LogP contribution is 2.10. The zero-order valence-electron chi connectivity index (χ0n) is 7.81. The van der Waals surface area contributed by atoms with Gasteiger partial charge in [-0.2, -0.15) is 0 Å². The van der Waals surface area contributed by atoms with E-state index in [1.807, 2.05) is 30.3 Å². The van der Waals surface area contributed by atoms with Gasteiger partial charge in [-0.25, -0.2) is 4.79 Å². The lowest BCUT2D eigenvalue weighted by Gasteiger charge is -2.02. The second-order valence-electron chi connectivity index (χ2n) is 3.23. The molecule has 0 aliphatic carbocycles. The minimum atomic E-state index is -0.286. The van der Waals surface area contributed by atoms with Crippen LogP contribution in [0.4, 0.5) is 0 Å². The number of epoxide rings is 1. The van der Waals surface area contributed by atoms with Gasteiger partial charge >= 0.3 is 5.97 Å². The molecule has 1 atom stereocenters. The van der Waals surface area contributed by atoms with Gasteiger partial charge in [-0.05, 0) is 5.56 Å². The summed E-state index contributed by atoms with van der Waals surface area (Å²) in [6, 6.07) is 9.94. The molecule has 2 rings (SSSR count). The summed E-state index contributed by atoms with van der Waals surface area (Å²) in [4.78, 5) is 11.0. The van der Waals surface area contributed by atoms with Crippen LogP contribution in [-0.2, 0) is 20.7 Å². The zero-order chi connectivity index (χ0) is 9.80. The molecule has 3 heteroatoms. The average molecular weight is 192 g/mol. The molecule has 1 aromatic rings. The van der Waals surface area contributed by atoms with Crippen LogP contribution in [0.2, 0.25) is 0 Å². The number of hydrogen-bond acceptors (Lipinski definition) is 3. The van der Waals surface area contributed by atoms with Crippen molar-refractivity contribution in [3.05, 3.63) is 35.9 Å². The highest BCUT2D eigenvalue weighted by molar-refractivity contribution is 5.76. The van der Waals surface area contributed by atoms with Crippen molar-refractivity contribution in [2.24, 2.45) is 0 Å². The number of esters is 1. The Labute approximate surface area is 82.6 Å². The van der Waals surface area contributed by atoms with Crippen LogP contribution in [0.3, 0.4) is 0 Å². The maximum atomic E-state index is 11.0. The van der Waals surface area contributed by atoms with Gasteiger partial charge in [0, 0.05) is 6.42 Å². The average Bonchev–Trinajstić information content (AvgIpc) is 3.02. The standard InChI is InChI=1S/C11H12O3/c12-11(10-8-14-10)13-7-6-9-4-2-1-3-5-9/h1-5,10H,6-8H2. The van der Waals surface area contributed by atoms with Crippen LogP contribution in [-0.4, -0.2) is 25.3 Å². The van der Waals surface area contributed by atoms with E-state index < -0.39 is 0 Å². The Hall–Kier alpha value is -1.35. The fourth-order valence-electron chi connectivity index (χ4n) is 1.19. The molecule has 1 aromatic carbocycles. The van der Waals surface area contributed by atoms with Gasteiger partial charge in [-0.1, -0.05) is 30.3 Å². The molecule has 0 saturated carbocycles. The summed E-state index contributed by atoms with van der Waals surface area (Å²) < 4.78 is 9.80. The molecule has 1 aliphatic rings. The van der Waals surface area contributed by atoms with Gasteiger partial charge in [0.25, 0.3) is 0 Å². The van der Waals surface area contributed by atoms with Crippen LogP contribution in [0.15, 0.2) is 30.3 Å². The van der Waals surface area contributed by atoms with E-state index in [9.17, 15) is 4.79 Å². The number of ether oxygens (including phenoxy) is 2. The quantitative estimate of drug-likeness (QED) is 0.531. The van der Waals surface area contributed by atoms with Gasteiger partial charge in [-0.15, -0.1) is 0 Å². The van der Waals surface area contributed by atoms with Crippen LogP contribution >= 0.6 is 0 Å². The first-order valence-corrected chi connectivity index (χ1v) is 4.68. The largest absolute Gasteiger partial charge is 0.463 e. The maximum Gasteiger partial charge on any atom is 0.337 e. The molecule has 0 aromatic heterocycles. The summed E-state index contributed by atoms with van der Waals surface area (Å²) in [6.45, 7) is 0.951. The summed E-state index contributed by atoms with van der Waals surface area (Å²) in [5.41, 5.74) is 1.18. The van der Waals surface area contributed by atoms with E-state index in [0.717, 1.165) is 6.42 Å². The van der Waals surface area contributed by atoms with E-state index in [-0.39, 0.29) is 12.1 Å². The third-order valence-electron chi connectivity index (χ3n) is 2.07. The van der Waals surface area contributed by atoms with E-state index in [4.69, 9.17) is 9.47 Å². The van der Waals surface area contributed by atoms with Crippen LogP contribution in [0.25, 0.3) is 0 Å². The summed E-state index contributed by atoms with van der Waals surface area (Å²) in [6.07, 6.45) is 0.477. The predicted molar refractivity (Wildman–Crippen MR) is 50.8 cm³/mol. The van der Waals surface area contributed by atoms with Gasteiger partial charge in [0.15, 0.2) is 6.10 Å². The molecule has 1 fully saturated rings. The highest BCUT2D eigenvalue weighted by atomic mass is 16.6. The molecule has 0 N–H and O–H groups in total. The first-order valence-electron chi connectivity index (χ1n) is 4.68. The Morgan fingerprint density at radius 1 is 1.43 bits per heavy atom. The van der Waals surface area contributed by atoms with Crippen LogP contribution in [0.1, 0.15) is 5.56 Å². The Balaban J connectivity index is 1.70. The predicted octanol–water partition coefficient (Wildman–Crippen LogP) is 1.17. The Morgan fingerprint density at radius 3 is 2.79 bits per heavy atom. The van der Waals surface area contributed by atoms with Gasteiger partial charge in [0.2, 0.25) is 0 Å². The van der Waals surface area contributed by atoms with Crippen LogP contribution in [0.5, 0.6) is 0 Å². The molecule has 1 saturated heterocycles. The fourth-order valence-corrected chi connectivity index (χ4v) is 1.19. The molecule has 74 valence electrons. The van der Waals surface area contributed by atoms with Crippen molar-refractivity contribution in [1.82, 2.24) is 0 Å². The normalized spacial score (nSPS) is 19.0. The fraction of sp³-hybridized carbons (Fsp3) is 0.364. The smallest absolute Gasteiger partial charge is 0.337 e. The van der Waals surface area contributed by atoms with Crippen molar-refractivity contribution in [2.45, 2.75) is 12.5 Å². The third kappa shape index (κ3) is 2.57. The number of benzene rings is 1. The first-order chi connectivity index (χ1) is 6.86. The molecule has 3 nitrogen and oxygen atoms in total. The summed E-state index contributed by atoms with van der Waals surface area (Å²) >= 11 is 0. The Morgan fingerprint density at radius 2 is 2.14 bits per heavy atom. The topological polar surface area (TPSA) is 38.8 Å². The molecule has 1 heterocycles. The second kappa shape index (κ2) is 4.24. The second-order valence-corrected chi connectivity index (χ2v) is 3.23. The minimum Gasteiger partial charge on any atom is -0.463 e. The number of rotatable bonds is 4. The van der Waals surface area contributed by atoms with E-state index >= 15 is 0 Å². The zero-order valence-corrected chi connectivity index (χ0v) is 7.81. The summed E-state index contributed by atoms with van der Waals surface area (Å²) in [5.74, 6) is -0.235. The SMILES string of the molecule is O=C(OCCc1ccccc1)C1CO1. The summed E-state index contributed by atoms with van der Waals surface area (Å²) in [7, 11) is 0. The van der Waals surface area contributed by atoms with Crippen LogP contribution < -0.4 is 0 Å². The van der Waals surface area contributed by atoms with Gasteiger partial charge in [-0.3, -0.25) is 0 Å². The van der Waals surface area contributed by atoms with Gasteiger partial charge < -0.3 is 9.47 Å². The maximum absolute atomic E-state index is 11.0. The third-order valence-corrected chi connectivity index (χ3v) is 2.07. The van der Waals surface area contributed by atoms with E-state index in [2.05, 4.69) is 0 Å². The molecule has 1 aliphatic heterocycles. The molecule has 0 bridgehead atoms. The lowest BCUT2D eigenvalue weighted by molar-refractivity contribution is -0.144. The molecule has 0 amide bonds. The first kappa shape index (κ1) is 9.21. The highest BCUT2D eigenvalue weighted by Gasteiger charge is 2.32. The molecule has 14 heavy (non-hydrogen) atoms. The molecule has 1 unspecified atom stereocenters. The summed E-state index contributed by atoms with van der Waals surface area (Å²) in [5, 5.41) is 0. The molecular weight excluding hydrogens is 180 g/mol. The van der Waals surface area contributed by atoms with E-state index in [1.54, 1.807) is 0 Å². The Bertz CT molecular complexity index is 304. The van der Waals surface area contributed by atoms with Crippen molar-refractivity contribution >= 4 is 5.97 Å².